The van der Waals surface area contributed by atoms with E-state index in [-0.39, 0.29) is 12.1 Å². The molecule has 1 unspecified atom stereocenters. The van der Waals surface area contributed by atoms with E-state index >= 15 is 0 Å². The average molecular weight is 449 g/mol. The van der Waals surface area contributed by atoms with Crippen molar-refractivity contribution in [3.05, 3.63) is 76.6 Å². The third kappa shape index (κ3) is 4.82. The molecular formula is C26H32N4O3. The van der Waals surface area contributed by atoms with Gasteiger partial charge in [-0.2, -0.15) is 5.10 Å². The van der Waals surface area contributed by atoms with Gasteiger partial charge >= 0.3 is 6.03 Å². The van der Waals surface area contributed by atoms with Crippen LogP contribution in [0.5, 0.6) is 11.5 Å². The highest BCUT2D eigenvalue weighted by atomic mass is 16.5. The molecule has 0 radical (unpaired) electrons. The van der Waals surface area contributed by atoms with Crippen LogP contribution in [0.4, 0.5) is 4.79 Å². The van der Waals surface area contributed by atoms with Crippen molar-refractivity contribution >= 4 is 6.03 Å². The summed E-state index contributed by atoms with van der Waals surface area (Å²) in [6, 6.07) is 16.0. The number of nitrogens with one attached hydrogen (secondary N) is 1. The number of benzene rings is 2. The largest absolute Gasteiger partial charge is 0.493 e. The number of hydrogen-bond donors (Lipinski definition) is 1. The van der Waals surface area contributed by atoms with Crippen molar-refractivity contribution in [1.29, 1.82) is 0 Å². The van der Waals surface area contributed by atoms with Crippen LogP contribution < -0.4 is 14.8 Å². The van der Waals surface area contributed by atoms with Crippen LogP contribution in [0.25, 0.3) is 0 Å². The van der Waals surface area contributed by atoms with Crippen LogP contribution in [0.2, 0.25) is 0 Å². The van der Waals surface area contributed by atoms with Crippen molar-refractivity contribution in [3.8, 4) is 11.5 Å². The SMILES string of the molecule is COc1cc2c(cc1OC)C(c1ccccc1)N(C(=O)NCCCn1nc(C)cc1C)CC2. The van der Waals surface area contributed by atoms with Crippen molar-refractivity contribution in [2.75, 3.05) is 27.3 Å². The first-order chi connectivity index (χ1) is 16.0. The van der Waals surface area contributed by atoms with Gasteiger partial charge in [0.05, 0.1) is 26.0 Å². The fourth-order valence-electron chi connectivity index (χ4n) is 4.59. The molecule has 7 heteroatoms. The van der Waals surface area contributed by atoms with Gasteiger partial charge in [-0.15, -0.1) is 0 Å². The number of ether oxygens (including phenoxy) is 2. The number of hydrogen-bond acceptors (Lipinski definition) is 4. The summed E-state index contributed by atoms with van der Waals surface area (Å²) in [5.41, 5.74) is 5.47. The topological polar surface area (TPSA) is 68.6 Å². The monoisotopic (exact) mass is 448 g/mol. The lowest BCUT2D eigenvalue weighted by atomic mass is 9.88. The van der Waals surface area contributed by atoms with Crippen molar-refractivity contribution in [2.24, 2.45) is 0 Å². The molecule has 174 valence electrons. The molecule has 0 aliphatic carbocycles. The molecule has 2 aromatic carbocycles. The lowest BCUT2D eigenvalue weighted by Crippen LogP contribution is -2.46. The molecule has 33 heavy (non-hydrogen) atoms. The van der Waals surface area contributed by atoms with Crippen LogP contribution >= 0.6 is 0 Å². The zero-order valence-electron chi connectivity index (χ0n) is 19.8. The summed E-state index contributed by atoms with van der Waals surface area (Å²) in [5.74, 6) is 1.38. The molecule has 1 aliphatic heterocycles. The number of carbonyl (C=O) groups is 1. The Morgan fingerprint density at radius 3 is 2.48 bits per heavy atom. The lowest BCUT2D eigenvalue weighted by molar-refractivity contribution is 0.179. The molecule has 1 atom stereocenters. The standard InChI is InChI=1S/C26H32N4O3/c1-18-15-19(2)30(28-18)13-8-12-27-26(31)29-14-11-21-16-23(32-3)24(33-4)17-22(21)25(29)20-9-6-5-7-10-20/h5-7,9-10,15-17,25H,8,11-14H2,1-4H3,(H,27,31). The van der Waals surface area contributed by atoms with Crippen LogP contribution in [0.1, 0.15) is 40.5 Å². The number of rotatable bonds is 7. The number of fused-ring (bicyclic) bond motifs is 1. The Bertz CT molecular complexity index is 1110. The Morgan fingerprint density at radius 2 is 1.82 bits per heavy atom. The summed E-state index contributed by atoms with van der Waals surface area (Å²) in [5, 5.41) is 7.62. The predicted molar refractivity (Wildman–Crippen MR) is 128 cm³/mol. The van der Waals surface area contributed by atoms with Crippen molar-refractivity contribution in [1.82, 2.24) is 20.0 Å². The van der Waals surface area contributed by atoms with Gasteiger partial charge in [0.2, 0.25) is 0 Å². The highest BCUT2D eigenvalue weighted by Crippen LogP contribution is 2.40. The maximum atomic E-state index is 13.3. The highest BCUT2D eigenvalue weighted by Gasteiger charge is 2.33. The van der Waals surface area contributed by atoms with Crippen LogP contribution in [-0.2, 0) is 13.0 Å². The summed E-state index contributed by atoms with van der Waals surface area (Å²) < 4.78 is 13.1. The van der Waals surface area contributed by atoms with Gasteiger partial charge in [-0.25, -0.2) is 4.79 Å². The van der Waals surface area contributed by atoms with E-state index in [0.717, 1.165) is 41.9 Å². The number of aromatic nitrogens is 2. The van der Waals surface area contributed by atoms with E-state index in [2.05, 4.69) is 35.5 Å². The summed E-state index contributed by atoms with van der Waals surface area (Å²) in [6.07, 6.45) is 1.58. The molecule has 3 aromatic rings. The zero-order valence-corrected chi connectivity index (χ0v) is 19.8. The first-order valence-corrected chi connectivity index (χ1v) is 11.4. The zero-order chi connectivity index (χ0) is 23.4. The van der Waals surface area contributed by atoms with E-state index in [1.165, 1.54) is 5.56 Å². The minimum absolute atomic E-state index is 0.0577. The minimum Gasteiger partial charge on any atom is -0.493 e. The van der Waals surface area contributed by atoms with E-state index in [4.69, 9.17) is 9.47 Å². The van der Waals surface area contributed by atoms with Gasteiger partial charge in [-0.1, -0.05) is 30.3 Å². The Labute approximate surface area is 195 Å². The molecule has 0 bridgehead atoms. The second-order valence-corrected chi connectivity index (χ2v) is 8.40. The van der Waals surface area contributed by atoms with Crippen LogP contribution in [0.3, 0.4) is 0 Å². The first kappa shape index (κ1) is 22.7. The van der Waals surface area contributed by atoms with Gasteiger partial charge in [-0.05, 0) is 61.6 Å². The molecule has 1 aromatic heterocycles. The Hall–Kier alpha value is -3.48. The Balaban J connectivity index is 1.53. The number of urea groups is 1. The van der Waals surface area contributed by atoms with E-state index in [1.807, 2.05) is 46.8 Å². The smallest absolute Gasteiger partial charge is 0.318 e. The van der Waals surface area contributed by atoms with Gasteiger partial charge < -0.3 is 19.7 Å². The van der Waals surface area contributed by atoms with Gasteiger partial charge in [0.1, 0.15) is 0 Å². The number of nitrogens with zero attached hydrogens (tertiary/aromatic N) is 3. The summed E-state index contributed by atoms with van der Waals surface area (Å²) >= 11 is 0. The van der Waals surface area contributed by atoms with Gasteiger partial charge in [-0.3, -0.25) is 4.68 Å². The number of amides is 2. The molecule has 7 nitrogen and oxygen atoms in total. The molecular weight excluding hydrogens is 416 g/mol. The third-order valence-corrected chi connectivity index (χ3v) is 6.18. The summed E-state index contributed by atoms with van der Waals surface area (Å²) in [7, 11) is 3.28. The molecule has 4 rings (SSSR count). The summed E-state index contributed by atoms with van der Waals surface area (Å²) in [6.45, 7) is 6.05. The maximum Gasteiger partial charge on any atom is 0.318 e. The second kappa shape index (κ2) is 9.98. The molecule has 0 spiro atoms. The fourth-order valence-corrected chi connectivity index (χ4v) is 4.59. The molecule has 2 heterocycles. The maximum absolute atomic E-state index is 13.3. The molecule has 1 N–H and O–H groups in total. The van der Waals surface area contributed by atoms with E-state index < -0.39 is 0 Å². The average Bonchev–Trinajstić information content (AvgIpc) is 3.16. The number of carbonyl (C=O) groups excluding carboxylic acids is 1. The first-order valence-electron chi connectivity index (χ1n) is 11.4. The van der Waals surface area contributed by atoms with Crippen molar-refractivity contribution in [2.45, 2.75) is 39.3 Å². The van der Waals surface area contributed by atoms with Gasteiger partial charge in [0.15, 0.2) is 11.5 Å². The van der Waals surface area contributed by atoms with Crippen LogP contribution in [0.15, 0.2) is 48.5 Å². The number of methoxy groups -OCH3 is 2. The summed E-state index contributed by atoms with van der Waals surface area (Å²) in [4.78, 5) is 15.2. The molecule has 2 amide bonds. The van der Waals surface area contributed by atoms with Crippen LogP contribution in [-0.4, -0.2) is 48.0 Å². The van der Waals surface area contributed by atoms with Gasteiger partial charge in [0, 0.05) is 25.3 Å². The van der Waals surface area contributed by atoms with E-state index in [1.54, 1.807) is 14.2 Å². The minimum atomic E-state index is -0.189. The molecule has 0 saturated carbocycles. The quantitative estimate of drug-likeness (QED) is 0.548. The van der Waals surface area contributed by atoms with Gasteiger partial charge in [0.25, 0.3) is 0 Å². The normalized spacial score (nSPS) is 15.2. The predicted octanol–water partition coefficient (Wildman–Crippen LogP) is 4.26. The van der Waals surface area contributed by atoms with E-state index in [0.29, 0.717) is 24.6 Å². The number of aryl methyl sites for hydroxylation is 3. The van der Waals surface area contributed by atoms with Crippen molar-refractivity contribution < 1.29 is 14.3 Å². The Morgan fingerprint density at radius 1 is 1.09 bits per heavy atom. The second-order valence-electron chi connectivity index (χ2n) is 8.40. The van der Waals surface area contributed by atoms with Crippen molar-refractivity contribution in [3.63, 3.8) is 0 Å². The van der Waals surface area contributed by atoms with E-state index in [9.17, 15) is 4.79 Å². The lowest BCUT2D eigenvalue weighted by Gasteiger charge is -2.38. The molecule has 0 saturated heterocycles. The highest BCUT2D eigenvalue weighted by molar-refractivity contribution is 5.76. The molecule has 0 fully saturated rings. The fraction of sp³-hybridized carbons (Fsp3) is 0.385. The van der Waals surface area contributed by atoms with Crippen LogP contribution in [0, 0.1) is 13.8 Å². The molecule has 1 aliphatic rings. The third-order valence-electron chi connectivity index (χ3n) is 6.18. The Kier molecular flexibility index (Phi) is 6.87.